The van der Waals surface area contributed by atoms with Crippen LogP contribution in [-0.4, -0.2) is 19.6 Å². The minimum absolute atomic E-state index is 0.0182. The number of nitro groups is 1. The summed E-state index contributed by atoms with van der Waals surface area (Å²) in [5, 5.41) is 10.8. The van der Waals surface area contributed by atoms with E-state index in [2.05, 4.69) is 15.9 Å². The number of hydrogen-bond acceptors (Lipinski definition) is 4. The summed E-state index contributed by atoms with van der Waals surface area (Å²) in [6, 6.07) is 10.7. The van der Waals surface area contributed by atoms with Gasteiger partial charge in [-0.15, -0.1) is 0 Å². The molecule has 0 aliphatic carbocycles. The van der Waals surface area contributed by atoms with Gasteiger partial charge in [-0.3, -0.25) is 10.1 Å². The molecule has 2 rings (SSSR count). The summed E-state index contributed by atoms with van der Waals surface area (Å²) in [5.41, 5.74) is 1.32. The molecule has 0 amide bonds. The smallest absolute Gasteiger partial charge is 0.258 e. The summed E-state index contributed by atoms with van der Waals surface area (Å²) in [6.07, 6.45) is 1.13. The van der Waals surface area contributed by atoms with Gasteiger partial charge in [0, 0.05) is 28.4 Å². The molecule has 0 saturated heterocycles. The maximum absolute atomic E-state index is 11.4. The zero-order valence-corrected chi connectivity index (χ0v) is 12.8. The Bertz CT molecular complexity index is 769. The number of nitro benzene ring substituents is 1. The Hall–Kier alpha value is -1.73. The topological polar surface area (TPSA) is 77.3 Å². The summed E-state index contributed by atoms with van der Waals surface area (Å²) < 4.78 is 23.5. The van der Waals surface area contributed by atoms with Gasteiger partial charge >= 0.3 is 0 Å². The monoisotopic (exact) mass is 355 g/mol. The fourth-order valence-electron chi connectivity index (χ4n) is 1.73. The molecule has 0 radical (unpaired) electrons. The molecule has 7 heteroatoms. The van der Waals surface area contributed by atoms with Gasteiger partial charge in [0.15, 0.2) is 9.84 Å². The Morgan fingerprint density at radius 2 is 1.70 bits per heavy atom. The third kappa shape index (κ3) is 3.05. The van der Waals surface area contributed by atoms with Crippen LogP contribution in [0.25, 0.3) is 11.1 Å². The van der Waals surface area contributed by atoms with Gasteiger partial charge in [0.1, 0.15) is 0 Å². The molecule has 2 aromatic carbocycles. The Kier molecular flexibility index (Phi) is 3.92. The van der Waals surface area contributed by atoms with Crippen LogP contribution in [0, 0.1) is 10.1 Å². The first-order valence-electron chi connectivity index (χ1n) is 5.53. The average Bonchev–Trinajstić information content (AvgIpc) is 2.38. The second kappa shape index (κ2) is 5.34. The number of nitrogens with zero attached hydrogens (tertiary/aromatic N) is 1. The maximum Gasteiger partial charge on any atom is 0.270 e. The van der Waals surface area contributed by atoms with Crippen molar-refractivity contribution in [2.45, 2.75) is 4.90 Å². The van der Waals surface area contributed by atoms with Crippen LogP contribution >= 0.6 is 15.9 Å². The van der Waals surface area contributed by atoms with E-state index >= 15 is 0 Å². The highest BCUT2D eigenvalue weighted by Gasteiger charge is 2.12. The SMILES string of the molecule is CS(=O)(=O)c1ccc(-c2cc([N+](=O)[O-])ccc2Br)cc1. The average molecular weight is 356 g/mol. The third-order valence-corrected chi connectivity index (χ3v) is 4.57. The molecule has 0 aromatic heterocycles. The normalized spacial score (nSPS) is 11.3. The molecule has 0 unspecified atom stereocenters. The van der Waals surface area contributed by atoms with E-state index < -0.39 is 14.8 Å². The van der Waals surface area contributed by atoms with E-state index in [0.717, 1.165) is 6.26 Å². The molecule has 0 bridgehead atoms. The first-order valence-corrected chi connectivity index (χ1v) is 8.22. The molecule has 0 aliphatic rings. The van der Waals surface area contributed by atoms with Crippen molar-refractivity contribution < 1.29 is 13.3 Å². The van der Waals surface area contributed by atoms with Crippen LogP contribution in [0.1, 0.15) is 0 Å². The molecule has 0 N–H and O–H groups in total. The largest absolute Gasteiger partial charge is 0.270 e. The van der Waals surface area contributed by atoms with Crippen molar-refractivity contribution in [3.05, 3.63) is 57.1 Å². The molecular formula is C13H10BrNO4S. The first-order chi connectivity index (χ1) is 9.29. The summed E-state index contributed by atoms with van der Waals surface area (Å²) in [6.45, 7) is 0. The summed E-state index contributed by atoms with van der Waals surface area (Å²) >= 11 is 3.33. The molecule has 2 aromatic rings. The number of halogens is 1. The van der Waals surface area contributed by atoms with E-state index in [9.17, 15) is 18.5 Å². The number of benzene rings is 2. The molecule has 0 heterocycles. The molecule has 0 aliphatic heterocycles. The van der Waals surface area contributed by atoms with Crippen LogP contribution in [0.4, 0.5) is 5.69 Å². The minimum atomic E-state index is -3.25. The Labute approximate surface area is 124 Å². The van der Waals surface area contributed by atoms with Crippen LogP contribution in [0.15, 0.2) is 51.8 Å². The van der Waals surface area contributed by atoms with Gasteiger partial charge in [0.2, 0.25) is 0 Å². The quantitative estimate of drug-likeness (QED) is 0.624. The van der Waals surface area contributed by atoms with E-state index in [1.807, 2.05) is 0 Å². The highest BCUT2D eigenvalue weighted by atomic mass is 79.9. The molecule has 5 nitrogen and oxygen atoms in total. The van der Waals surface area contributed by atoms with E-state index in [1.54, 1.807) is 18.2 Å². The van der Waals surface area contributed by atoms with Gasteiger partial charge < -0.3 is 0 Å². The summed E-state index contributed by atoms with van der Waals surface area (Å²) in [5.74, 6) is 0. The van der Waals surface area contributed by atoms with E-state index in [-0.39, 0.29) is 10.6 Å². The van der Waals surface area contributed by atoms with Crippen molar-refractivity contribution in [2.75, 3.05) is 6.26 Å². The fourth-order valence-corrected chi connectivity index (χ4v) is 2.84. The van der Waals surface area contributed by atoms with Crippen molar-refractivity contribution >= 4 is 31.5 Å². The molecule has 0 fully saturated rings. The lowest BCUT2D eigenvalue weighted by Gasteiger charge is -2.06. The van der Waals surface area contributed by atoms with Gasteiger partial charge in [-0.05, 0) is 23.8 Å². The van der Waals surface area contributed by atoms with Gasteiger partial charge in [-0.1, -0.05) is 28.1 Å². The number of non-ortho nitro benzene ring substituents is 1. The van der Waals surface area contributed by atoms with Crippen LogP contribution in [0.2, 0.25) is 0 Å². The van der Waals surface area contributed by atoms with Crippen LogP contribution in [-0.2, 0) is 9.84 Å². The van der Waals surface area contributed by atoms with Crippen molar-refractivity contribution in [1.29, 1.82) is 0 Å². The minimum Gasteiger partial charge on any atom is -0.258 e. The lowest BCUT2D eigenvalue weighted by Crippen LogP contribution is -1.96. The van der Waals surface area contributed by atoms with Gasteiger partial charge in [-0.2, -0.15) is 0 Å². The van der Waals surface area contributed by atoms with Gasteiger partial charge in [0.05, 0.1) is 9.82 Å². The lowest BCUT2D eigenvalue weighted by molar-refractivity contribution is -0.384. The zero-order valence-electron chi connectivity index (χ0n) is 10.4. The van der Waals surface area contributed by atoms with Crippen LogP contribution in [0.3, 0.4) is 0 Å². The zero-order chi connectivity index (χ0) is 14.9. The van der Waals surface area contributed by atoms with E-state index in [4.69, 9.17) is 0 Å². The van der Waals surface area contributed by atoms with E-state index in [1.165, 1.54) is 24.3 Å². The highest BCUT2D eigenvalue weighted by Crippen LogP contribution is 2.32. The molecule has 0 atom stereocenters. The standard InChI is InChI=1S/C13H10BrNO4S/c1-20(18,19)11-5-2-9(3-6-11)12-8-10(15(16)17)4-7-13(12)14/h2-8H,1H3. The molecular weight excluding hydrogens is 346 g/mol. The Morgan fingerprint density at radius 3 is 2.20 bits per heavy atom. The van der Waals surface area contributed by atoms with Crippen molar-refractivity contribution in [1.82, 2.24) is 0 Å². The Balaban J connectivity index is 2.51. The predicted octanol–water partition coefficient (Wildman–Crippen LogP) is 3.43. The highest BCUT2D eigenvalue weighted by molar-refractivity contribution is 9.10. The summed E-state index contributed by atoms with van der Waals surface area (Å²) in [7, 11) is -3.25. The molecule has 0 spiro atoms. The van der Waals surface area contributed by atoms with Crippen LogP contribution < -0.4 is 0 Å². The number of hydrogen-bond donors (Lipinski definition) is 0. The summed E-state index contributed by atoms with van der Waals surface area (Å²) in [4.78, 5) is 10.5. The predicted molar refractivity (Wildman–Crippen MR) is 79.3 cm³/mol. The van der Waals surface area contributed by atoms with Gasteiger partial charge in [-0.25, -0.2) is 8.42 Å². The van der Waals surface area contributed by atoms with E-state index in [0.29, 0.717) is 15.6 Å². The second-order valence-electron chi connectivity index (χ2n) is 4.22. The second-order valence-corrected chi connectivity index (χ2v) is 7.09. The number of rotatable bonds is 3. The maximum atomic E-state index is 11.4. The Morgan fingerprint density at radius 1 is 1.10 bits per heavy atom. The van der Waals surface area contributed by atoms with Crippen molar-refractivity contribution in [3.8, 4) is 11.1 Å². The van der Waals surface area contributed by atoms with Crippen molar-refractivity contribution in [2.24, 2.45) is 0 Å². The third-order valence-electron chi connectivity index (χ3n) is 2.75. The van der Waals surface area contributed by atoms with Gasteiger partial charge in [0.25, 0.3) is 5.69 Å². The van der Waals surface area contributed by atoms with Crippen molar-refractivity contribution in [3.63, 3.8) is 0 Å². The lowest BCUT2D eigenvalue weighted by atomic mass is 10.1. The molecule has 104 valence electrons. The number of sulfone groups is 1. The molecule has 20 heavy (non-hydrogen) atoms. The first kappa shape index (κ1) is 14.7. The fraction of sp³-hybridized carbons (Fsp3) is 0.0769. The molecule has 0 saturated carbocycles. The van der Waals surface area contributed by atoms with Crippen LogP contribution in [0.5, 0.6) is 0 Å².